The fourth-order valence-electron chi connectivity index (χ4n) is 3.77. The van der Waals surface area contributed by atoms with Crippen LogP contribution in [-0.2, 0) is 17.8 Å². The first-order valence-electron chi connectivity index (χ1n) is 10.8. The van der Waals surface area contributed by atoms with Crippen LogP contribution in [0.25, 0.3) is 10.9 Å². The summed E-state index contributed by atoms with van der Waals surface area (Å²) >= 11 is 1.35. The minimum Gasteiger partial charge on any atom is -0.385 e. The highest BCUT2D eigenvalue weighted by Crippen LogP contribution is 2.22. The Morgan fingerprint density at radius 1 is 1.13 bits per heavy atom. The third-order valence-electron chi connectivity index (χ3n) is 5.50. The van der Waals surface area contributed by atoms with E-state index in [0.29, 0.717) is 29.2 Å². The van der Waals surface area contributed by atoms with Crippen molar-refractivity contribution in [2.24, 2.45) is 0 Å². The summed E-state index contributed by atoms with van der Waals surface area (Å²) in [6, 6.07) is 9.35. The zero-order valence-corrected chi connectivity index (χ0v) is 19.6. The van der Waals surface area contributed by atoms with Crippen molar-refractivity contribution >= 4 is 28.4 Å². The summed E-state index contributed by atoms with van der Waals surface area (Å²) in [6.45, 7) is 8.24. The Kier molecular flexibility index (Phi) is 8.09. The average molecular weight is 442 g/mol. The molecule has 0 bridgehead atoms. The molecule has 0 fully saturated rings. The predicted octanol–water partition coefficient (Wildman–Crippen LogP) is 4.63. The number of hydrogen-bond donors (Lipinski definition) is 0. The minimum absolute atomic E-state index is 0.0367. The highest BCUT2D eigenvalue weighted by molar-refractivity contribution is 7.99. The molecule has 2 heterocycles. The molecule has 0 amide bonds. The van der Waals surface area contributed by atoms with Gasteiger partial charge in [0.15, 0.2) is 10.9 Å². The number of methoxy groups -OCH3 is 1. The van der Waals surface area contributed by atoms with Crippen molar-refractivity contribution in [2.45, 2.75) is 58.3 Å². The van der Waals surface area contributed by atoms with Crippen molar-refractivity contribution in [3.05, 3.63) is 57.6 Å². The SMILES string of the molecule is CCCCn1c(SCC(=O)c2cc(C)n(CCCOC)c2C)nc2ccccc2c1=O. The van der Waals surface area contributed by atoms with Gasteiger partial charge in [0, 0.05) is 43.8 Å². The van der Waals surface area contributed by atoms with E-state index in [1.54, 1.807) is 11.7 Å². The van der Waals surface area contributed by atoms with Gasteiger partial charge in [-0.05, 0) is 44.9 Å². The molecule has 6 nitrogen and oxygen atoms in total. The fraction of sp³-hybridized carbons (Fsp3) is 0.458. The molecule has 2 aromatic heterocycles. The number of ether oxygens (including phenoxy) is 1. The molecular formula is C24H31N3O3S. The summed E-state index contributed by atoms with van der Waals surface area (Å²) in [5.41, 5.74) is 3.43. The van der Waals surface area contributed by atoms with Crippen LogP contribution in [0.5, 0.6) is 0 Å². The van der Waals surface area contributed by atoms with Crippen LogP contribution in [0.4, 0.5) is 0 Å². The summed E-state index contributed by atoms with van der Waals surface area (Å²) in [5, 5.41) is 1.23. The Bertz CT molecular complexity index is 1120. The lowest BCUT2D eigenvalue weighted by Crippen LogP contribution is -2.24. The normalized spacial score (nSPS) is 11.4. The molecule has 0 radical (unpaired) electrons. The zero-order valence-electron chi connectivity index (χ0n) is 18.8. The third-order valence-corrected chi connectivity index (χ3v) is 6.47. The standard InChI is InChI=1S/C24H31N3O3S/c1-5-6-12-27-23(29)19-10-7-8-11-21(19)25-24(27)31-16-22(28)20-15-17(2)26(18(20)3)13-9-14-30-4/h7-8,10-11,15H,5-6,9,12-14,16H2,1-4H3. The zero-order chi connectivity index (χ0) is 22.4. The number of fused-ring (bicyclic) bond motifs is 1. The van der Waals surface area contributed by atoms with Crippen molar-refractivity contribution in [1.29, 1.82) is 0 Å². The number of aromatic nitrogens is 3. The number of nitrogens with zero attached hydrogens (tertiary/aromatic N) is 3. The highest BCUT2D eigenvalue weighted by Gasteiger charge is 2.18. The third kappa shape index (κ3) is 5.28. The van der Waals surface area contributed by atoms with Gasteiger partial charge in [0.2, 0.25) is 0 Å². The van der Waals surface area contributed by atoms with Gasteiger partial charge in [-0.3, -0.25) is 14.2 Å². The Hall–Kier alpha value is -2.38. The first-order valence-corrected chi connectivity index (χ1v) is 11.8. The maximum Gasteiger partial charge on any atom is 0.262 e. The number of unbranched alkanes of at least 4 members (excludes halogenated alkanes) is 1. The monoisotopic (exact) mass is 441 g/mol. The van der Waals surface area contributed by atoms with Gasteiger partial charge in [0.25, 0.3) is 5.56 Å². The number of benzene rings is 1. The summed E-state index contributed by atoms with van der Waals surface area (Å²) in [5.74, 6) is 0.305. The van der Waals surface area contributed by atoms with Gasteiger partial charge in [-0.15, -0.1) is 0 Å². The lowest BCUT2D eigenvalue weighted by molar-refractivity contribution is 0.102. The van der Waals surface area contributed by atoms with Crippen molar-refractivity contribution < 1.29 is 9.53 Å². The van der Waals surface area contributed by atoms with E-state index < -0.39 is 0 Å². The van der Waals surface area contributed by atoms with E-state index in [0.717, 1.165) is 42.8 Å². The Balaban J connectivity index is 1.83. The van der Waals surface area contributed by atoms with Gasteiger partial charge in [-0.1, -0.05) is 37.2 Å². The van der Waals surface area contributed by atoms with Crippen molar-refractivity contribution in [2.75, 3.05) is 19.5 Å². The molecule has 0 spiro atoms. The van der Waals surface area contributed by atoms with E-state index in [1.807, 2.05) is 44.2 Å². The van der Waals surface area contributed by atoms with Gasteiger partial charge in [0.05, 0.1) is 16.7 Å². The molecule has 0 aliphatic heterocycles. The molecule has 3 rings (SSSR count). The topological polar surface area (TPSA) is 66.1 Å². The number of hydrogen-bond acceptors (Lipinski definition) is 5. The second-order valence-corrected chi connectivity index (χ2v) is 8.66. The average Bonchev–Trinajstić information content (AvgIpc) is 3.05. The summed E-state index contributed by atoms with van der Waals surface area (Å²) in [6.07, 6.45) is 2.78. The van der Waals surface area contributed by atoms with E-state index in [4.69, 9.17) is 9.72 Å². The molecule has 0 saturated carbocycles. The number of carbonyl (C=O) groups is 1. The molecule has 7 heteroatoms. The van der Waals surface area contributed by atoms with Crippen LogP contribution in [0.15, 0.2) is 40.3 Å². The lowest BCUT2D eigenvalue weighted by atomic mass is 10.2. The van der Waals surface area contributed by atoms with E-state index in [9.17, 15) is 9.59 Å². The van der Waals surface area contributed by atoms with Crippen LogP contribution in [0.1, 0.15) is 47.9 Å². The van der Waals surface area contributed by atoms with Crippen LogP contribution < -0.4 is 5.56 Å². The molecule has 0 unspecified atom stereocenters. The van der Waals surface area contributed by atoms with E-state index in [1.165, 1.54) is 11.8 Å². The Labute approximate surface area is 187 Å². The molecule has 0 N–H and O–H groups in total. The van der Waals surface area contributed by atoms with Gasteiger partial charge in [0.1, 0.15) is 0 Å². The number of thioether (sulfide) groups is 1. The Morgan fingerprint density at radius 3 is 2.61 bits per heavy atom. The van der Waals surface area contributed by atoms with E-state index in [-0.39, 0.29) is 17.1 Å². The molecule has 0 atom stereocenters. The van der Waals surface area contributed by atoms with Crippen LogP contribution in [0.2, 0.25) is 0 Å². The maximum absolute atomic E-state index is 13.0. The number of carbonyl (C=O) groups excluding carboxylic acids is 1. The first kappa shape index (κ1) is 23.3. The Morgan fingerprint density at radius 2 is 1.87 bits per heavy atom. The quantitative estimate of drug-likeness (QED) is 0.188. The van der Waals surface area contributed by atoms with Crippen LogP contribution in [0.3, 0.4) is 0 Å². The number of rotatable bonds is 11. The molecule has 0 aliphatic carbocycles. The molecule has 0 aliphatic rings. The second-order valence-electron chi connectivity index (χ2n) is 7.72. The van der Waals surface area contributed by atoms with Crippen LogP contribution >= 0.6 is 11.8 Å². The molecule has 166 valence electrons. The highest BCUT2D eigenvalue weighted by atomic mass is 32.2. The minimum atomic E-state index is -0.0367. The van der Waals surface area contributed by atoms with Crippen molar-refractivity contribution in [1.82, 2.24) is 14.1 Å². The fourth-order valence-corrected chi connectivity index (χ4v) is 4.68. The molecule has 3 aromatic rings. The van der Waals surface area contributed by atoms with E-state index in [2.05, 4.69) is 11.5 Å². The number of Topliss-reactive ketones (excluding diaryl/α,β-unsaturated/α-hetero) is 1. The van der Waals surface area contributed by atoms with Crippen molar-refractivity contribution in [3.8, 4) is 0 Å². The number of para-hydroxylation sites is 1. The summed E-state index contributed by atoms with van der Waals surface area (Å²) in [7, 11) is 1.70. The second kappa shape index (κ2) is 10.8. The van der Waals surface area contributed by atoms with Crippen molar-refractivity contribution in [3.63, 3.8) is 0 Å². The molecule has 0 saturated heterocycles. The van der Waals surface area contributed by atoms with Gasteiger partial charge >= 0.3 is 0 Å². The number of aryl methyl sites for hydroxylation is 1. The molecular weight excluding hydrogens is 410 g/mol. The van der Waals surface area contributed by atoms with Gasteiger partial charge < -0.3 is 9.30 Å². The number of ketones is 1. The molecule has 31 heavy (non-hydrogen) atoms. The van der Waals surface area contributed by atoms with Crippen LogP contribution in [-0.4, -0.2) is 39.4 Å². The largest absolute Gasteiger partial charge is 0.385 e. The lowest BCUT2D eigenvalue weighted by Gasteiger charge is -2.12. The first-order chi connectivity index (χ1) is 15.0. The summed E-state index contributed by atoms with van der Waals surface area (Å²) in [4.78, 5) is 30.7. The predicted molar refractivity (Wildman–Crippen MR) is 126 cm³/mol. The summed E-state index contributed by atoms with van der Waals surface area (Å²) < 4.78 is 9.04. The van der Waals surface area contributed by atoms with E-state index >= 15 is 0 Å². The van der Waals surface area contributed by atoms with Gasteiger partial charge in [-0.2, -0.15) is 0 Å². The van der Waals surface area contributed by atoms with Gasteiger partial charge in [-0.25, -0.2) is 4.98 Å². The maximum atomic E-state index is 13.0. The molecule has 1 aromatic carbocycles. The van der Waals surface area contributed by atoms with Crippen LogP contribution in [0, 0.1) is 13.8 Å². The smallest absolute Gasteiger partial charge is 0.262 e.